The number of halogens is 1. The summed E-state index contributed by atoms with van der Waals surface area (Å²) in [5.74, 6) is 0.0716. The van der Waals surface area contributed by atoms with Crippen LogP contribution in [0.5, 0.6) is 0 Å². The third kappa shape index (κ3) is 3.31. The average molecular weight is 359 g/mol. The van der Waals surface area contributed by atoms with Gasteiger partial charge in [-0.15, -0.1) is 0 Å². The predicted molar refractivity (Wildman–Crippen MR) is 89.2 cm³/mol. The zero-order chi connectivity index (χ0) is 15.9. The summed E-state index contributed by atoms with van der Waals surface area (Å²) in [4.78, 5) is 18.0. The number of aliphatic imine (C=N–C) groups is 1. The fourth-order valence-electron chi connectivity index (χ4n) is 2.66. The molecule has 2 atom stereocenters. The van der Waals surface area contributed by atoms with Crippen LogP contribution in [0.3, 0.4) is 0 Å². The van der Waals surface area contributed by atoms with Gasteiger partial charge in [-0.05, 0) is 17.7 Å². The minimum atomic E-state index is -2.96. The van der Waals surface area contributed by atoms with E-state index in [1.54, 1.807) is 31.3 Å². The van der Waals surface area contributed by atoms with Gasteiger partial charge in [0.1, 0.15) is 0 Å². The Morgan fingerprint density at radius 3 is 2.68 bits per heavy atom. The van der Waals surface area contributed by atoms with Crippen LogP contribution in [-0.4, -0.2) is 54.2 Å². The Bertz CT molecular complexity index is 731. The first-order chi connectivity index (χ1) is 10.3. The number of nitrogens with zero attached hydrogens (tertiary/aromatic N) is 2. The van der Waals surface area contributed by atoms with E-state index in [9.17, 15) is 13.2 Å². The molecular weight excluding hydrogens is 344 g/mol. The molecule has 2 heterocycles. The summed E-state index contributed by atoms with van der Waals surface area (Å²) in [6.07, 6.45) is 0.211. The zero-order valence-electron chi connectivity index (χ0n) is 11.9. The second-order valence-electron chi connectivity index (χ2n) is 5.50. The Morgan fingerprint density at radius 2 is 2.05 bits per heavy atom. The van der Waals surface area contributed by atoms with Crippen molar-refractivity contribution in [1.82, 2.24) is 4.90 Å². The van der Waals surface area contributed by atoms with E-state index in [0.29, 0.717) is 10.2 Å². The summed E-state index contributed by atoms with van der Waals surface area (Å²) in [6.45, 7) is 0. The Balaban J connectivity index is 1.68. The molecule has 1 aromatic carbocycles. The summed E-state index contributed by atoms with van der Waals surface area (Å²) in [5, 5.41) is 1.23. The van der Waals surface area contributed by atoms with Crippen LogP contribution in [0.15, 0.2) is 29.3 Å². The van der Waals surface area contributed by atoms with Crippen molar-refractivity contribution in [2.45, 2.75) is 17.7 Å². The molecular formula is C14H15ClN2O3S2. The molecule has 1 aromatic rings. The number of thioether (sulfide) groups is 1. The highest BCUT2D eigenvalue weighted by Gasteiger charge is 2.47. The molecule has 0 spiro atoms. The summed E-state index contributed by atoms with van der Waals surface area (Å²) >= 11 is 7.20. The van der Waals surface area contributed by atoms with Crippen LogP contribution in [0, 0.1) is 0 Å². The average Bonchev–Trinajstić information content (AvgIpc) is 2.87. The van der Waals surface area contributed by atoms with Crippen molar-refractivity contribution in [2.75, 3.05) is 18.6 Å². The van der Waals surface area contributed by atoms with E-state index in [1.165, 1.54) is 11.8 Å². The molecule has 0 aromatic heterocycles. The van der Waals surface area contributed by atoms with E-state index in [0.717, 1.165) is 5.56 Å². The molecule has 2 fully saturated rings. The Morgan fingerprint density at radius 1 is 1.36 bits per heavy atom. The molecule has 2 aliphatic heterocycles. The third-order valence-corrected chi connectivity index (χ3v) is 7.37. The second kappa shape index (κ2) is 5.86. The molecule has 2 saturated heterocycles. The van der Waals surface area contributed by atoms with Gasteiger partial charge in [-0.1, -0.05) is 35.5 Å². The highest BCUT2D eigenvalue weighted by atomic mass is 35.5. The number of rotatable bonds is 2. The number of hydrogen-bond acceptors (Lipinski definition) is 4. The maximum Gasteiger partial charge on any atom is 0.252 e. The first kappa shape index (κ1) is 15.8. The van der Waals surface area contributed by atoms with Gasteiger partial charge in [-0.3, -0.25) is 4.79 Å². The lowest BCUT2D eigenvalue weighted by atomic mass is 10.1. The minimum Gasteiger partial charge on any atom is -0.349 e. The number of amides is 1. The van der Waals surface area contributed by atoms with Crippen molar-refractivity contribution in [3.63, 3.8) is 0 Å². The van der Waals surface area contributed by atoms with Gasteiger partial charge < -0.3 is 4.90 Å². The first-order valence-electron chi connectivity index (χ1n) is 6.80. The van der Waals surface area contributed by atoms with Crippen molar-refractivity contribution in [3.05, 3.63) is 34.9 Å². The number of fused-ring (bicyclic) bond motifs is 1. The molecule has 5 nitrogen and oxygen atoms in total. The fraction of sp³-hybridized carbons (Fsp3) is 0.429. The number of amidine groups is 1. The smallest absolute Gasteiger partial charge is 0.252 e. The van der Waals surface area contributed by atoms with Crippen molar-refractivity contribution < 1.29 is 13.2 Å². The maximum absolute atomic E-state index is 12.1. The van der Waals surface area contributed by atoms with Gasteiger partial charge in [0.15, 0.2) is 15.0 Å². The Hall–Kier alpha value is -1.05. The van der Waals surface area contributed by atoms with Gasteiger partial charge >= 0.3 is 0 Å². The molecule has 22 heavy (non-hydrogen) atoms. The van der Waals surface area contributed by atoms with Gasteiger partial charge in [0.25, 0.3) is 5.91 Å². The number of carbonyl (C=O) groups is 1. The minimum absolute atomic E-state index is 0.0166. The van der Waals surface area contributed by atoms with Crippen LogP contribution in [0.2, 0.25) is 5.02 Å². The summed E-state index contributed by atoms with van der Waals surface area (Å²) in [6, 6.07) is 7.00. The quantitative estimate of drug-likeness (QED) is 0.803. The zero-order valence-corrected chi connectivity index (χ0v) is 14.3. The van der Waals surface area contributed by atoms with Crippen LogP contribution >= 0.6 is 23.4 Å². The molecule has 2 aliphatic rings. The molecule has 1 amide bonds. The monoisotopic (exact) mass is 358 g/mol. The molecule has 0 bridgehead atoms. The molecule has 0 saturated carbocycles. The van der Waals surface area contributed by atoms with E-state index in [1.807, 2.05) is 4.90 Å². The largest absolute Gasteiger partial charge is 0.349 e. The molecule has 0 N–H and O–H groups in total. The van der Waals surface area contributed by atoms with E-state index in [2.05, 4.69) is 4.99 Å². The summed E-state index contributed by atoms with van der Waals surface area (Å²) in [5.41, 5.74) is 0.854. The van der Waals surface area contributed by atoms with Crippen molar-refractivity contribution in [3.8, 4) is 0 Å². The van der Waals surface area contributed by atoms with Crippen molar-refractivity contribution >= 4 is 44.3 Å². The summed E-state index contributed by atoms with van der Waals surface area (Å²) < 4.78 is 23.3. The normalized spacial score (nSPS) is 28.1. The van der Waals surface area contributed by atoms with Gasteiger partial charge in [0.05, 0.1) is 24.0 Å². The Kier molecular flexibility index (Phi) is 4.22. The van der Waals surface area contributed by atoms with Gasteiger partial charge in [0, 0.05) is 17.3 Å². The lowest BCUT2D eigenvalue weighted by molar-refractivity contribution is -0.117. The van der Waals surface area contributed by atoms with E-state index >= 15 is 0 Å². The topological polar surface area (TPSA) is 66.8 Å². The third-order valence-electron chi connectivity index (χ3n) is 3.82. The number of carbonyl (C=O) groups excluding carboxylic acids is 1. The van der Waals surface area contributed by atoms with E-state index in [4.69, 9.17) is 11.6 Å². The van der Waals surface area contributed by atoms with Crippen LogP contribution in [0.1, 0.15) is 5.56 Å². The molecule has 8 heteroatoms. The van der Waals surface area contributed by atoms with Crippen molar-refractivity contribution in [2.24, 2.45) is 4.99 Å². The van der Waals surface area contributed by atoms with Gasteiger partial charge in [0.2, 0.25) is 0 Å². The second-order valence-corrected chi connectivity index (χ2v) is 9.30. The Labute approximate surface area is 138 Å². The first-order valence-corrected chi connectivity index (χ1v) is 9.88. The van der Waals surface area contributed by atoms with Crippen LogP contribution in [0.4, 0.5) is 0 Å². The summed E-state index contributed by atoms with van der Waals surface area (Å²) in [7, 11) is -1.16. The maximum atomic E-state index is 12.1. The van der Waals surface area contributed by atoms with Gasteiger partial charge in [-0.25, -0.2) is 8.42 Å². The van der Waals surface area contributed by atoms with E-state index < -0.39 is 9.84 Å². The molecule has 118 valence electrons. The number of sulfone groups is 1. The molecule has 3 rings (SSSR count). The number of benzene rings is 1. The highest BCUT2D eigenvalue weighted by Crippen LogP contribution is 2.36. The van der Waals surface area contributed by atoms with E-state index in [-0.39, 0.29) is 35.1 Å². The van der Waals surface area contributed by atoms with Crippen LogP contribution in [-0.2, 0) is 21.1 Å². The standard InChI is InChI=1S/C14H15ClN2O3S2/c1-17-11-7-22(19,20)8-12(11)21-14(17)16-13(18)6-9-2-4-10(15)5-3-9/h2-5,11-12H,6-8H2,1H3/t11-,12+/m0/s1. The van der Waals surface area contributed by atoms with Gasteiger partial charge in [-0.2, -0.15) is 4.99 Å². The molecule has 0 aliphatic carbocycles. The predicted octanol–water partition coefficient (Wildman–Crippen LogP) is 1.61. The lowest BCUT2D eigenvalue weighted by Gasteiger charge is -2.17. The lowest BCUT2D eigenvalue weighted by Crippen LogP contribution is -2.34. The van der Waals surface area contributed by atoms with Crippen molar-refractivity contribution in [1.29, 1.82) is 0 Å². The highest BCUT2D eigenvalue weighted by molar-refractivity contribution is 8.15. The molecule has 0 radical (unpaired) electrons. The fourth-order valence-corrected chi connectivity index (χ4v) is 6.80. The van der Waals surface area contributed by atoms with Crippen LogP contribution in [0.25, 0.3) is 0 Å². The molecule has 0 unspecified atom stereocenters. The SMILES string of the molecule is CN1C(=NC(=O)Cc2ccc(Cl)cc2)S[C@@H]2CS(=O)(=O)C[C@@H]21. The van der Waals surface area contributed by atoms with Crippen LogP contribution < -0.4 is 0 Å². The number of hydrogen-bond donors (Lipinski definition) is 0.